The number of anilines is 1. The summed E-state index contributed by atoms with van der Waals surface area (Å²) in [5.41, 5.74) is 1.32. The number of halogens is 1. The normalized spacial score (nSPS) is 11.9. The summed E-state index contributed by atoms with van der Waals surface area (Å²) < 4.78 is 9.00. The van der Waals surface area contributed by atoms with Gasteiger partial charge in [-0.25, -0.2) is 4.68 Å². The first-order chi connectivity index (χ1) is 13.4. The number of amides is 1. The highest BCUT2D eigenvalue weighted by atomic mass is 35.5. The number of hydrogen-bond acceptors (Lipinski definition) is 3. The number of aromatic nitrogens is 2. The van der Waals surface area contributed by atoms with E-state index in [1.54, 1.807) is 42.9 Å². The van der Waals surface area contributed by atoms with E-state index < -0.39 is 6.10 Å². The van der Waals surface area contributed by atoms with Crippen molar-refractivity contribution in [2.45, 2.75) is 26.4 Å². The summed E-state index contributed by atoms with van der Waals surface area (Å²) in [5, 5.41) is 3.27. The Bertz CT molecular complexity index is 1040. The lowest BCUT2D eigenvalue weighted by atomic mass is 10.2. The molecule has 0 saturated carbocycles. The third-order valence-corrected chi connectivity index (χ3v) is 4.78. The molecule has 1 amide bonds. The predicted molar refractivity (Wildman–Crippen MR) is 111 cm³/mol. The van der Waals surface area contributed by atoms with Crippen LogP contribution in [-0.2, 0) is 11.8 Å². The topological polar surface area (TPSA) is 65.3 Å². The van der Waals surface area contributed by atoms with Crippen molar-refractivity contribution in [2.75, 3.05) is 5.32 Å². The Labute approximate surface area is 168 Å². The first-order valence-electron chi connectivity index (χ1n) is 8.99. The largest absolute Gasteiger partial charge is 0.481 e. The standard InChI is InChI=1S/C21H22ClN3O3/c1-4-18(28-17-12-8-9-15(22)13-17)20(26)23-19-14(2)24(3)25(21(19)27)16-10-6-5-7-11-16/h5-13,18H,4H2,1-3H3,(H,23,26). The van der Waals surface area contributed by atoms with Gasteiger partial charge in [0.05, 0.1) is 11.4 Å². The summed E-state index contributed by atoms with van der Waals surface area (Å²) >= 11 is 5.97. The lowest BCUT2D eigenvalue weighted by Crippen LogP contribution is -2.34. The van der Waals surface area contributed by atoms with Crippen molar-refractivity contribution in [3.8, 4) is 11.4 Å². The molecule has 0 aliphatic carbocycles. The van der Waals surface area contributed by atoms with Crippen LogP contribution in [0.15, 0.2) is 59.4 Å². The van der Waals surface area contributed by atoms with Gasteiger partial charge in [0.2, 0.25) is 0 Å². The Balaban J connectivity index is 1.86. The smallest absolute Gasteiger partial charge is 0.295 e. The average molecular weight is 400 g/mol. The molecule has 1 atom stereocenters. The molecule has 146 valence electrons. The van der Waals surface area contributed by atoms with Gasteiger partial charge in [0.25, 0.3) is 11.5 Å². The van der Waals surface area contributed by atoms with Crippen molar-refractivity contribution in [1.82, 2.24) is 9.36 Å². The molecule has 1 aromatic heterocycles. The second kappa shape index (κ2) is 8.35. The van der Waals surface area contributed by atoms with Crippen LogP contribution in [0.3, 0.4) is 0 Å². The van der Waals surface area contributed by atoms with Gasteiger partial charge in [0.15, 0.2) is 6.10 Å². The Morgan fingerprint density at radius 2 is 1.89 bits per heavy atom. The first kappa shape index (κ1) is 19.8. The highest BCUT2D eigenvalue weighted by Crippen LogP contribution is 2.20. The van der Waals surface area contributed by atoms with Crippen molar-refractivity contribution >= 4 is 23.2 Å². The van der Waals surface area contributed by atoms with E-state index in [1.807, 2.05) is 37.3 Å². The minimum Gasteiger partial charge on any atom is -0.481 e. The second-order valence-corrected chi connectivity index (χ2v) is 6.83. The van der Waals surface area contributed by atoms with Gasteiger partial charge >= 0.3 is 0 Å². The van der Waals surface area contributed by atoms with E-state index in [0.717, 1.165) is 5.69 Å². The van der Waals surface area contributed by atoms with Gasteiger partial charge in [0.1, 0.15) is 11.4 Å². The molecule has 2 aromatic carbocycles. The van der Waals surface area contributed by atoms with Crippen molar-refractivity contribution < 1.29 is 9.53 Å². The molecule has 6 nitrogen and oxygen atoms in total. The molecular weight excluding hydrogens is 378 g/mol. The Hall–Kier alpha value is -2.99. The van der Waals surface area contributed by atoms with E-state index in [2.05, 4.69) is 5.32 Å². The molecule has 0 fully saturated rings. The number of benzene rings is 2. The number of carbonyl (C=O) groups excluding carboxylic acids is 1. The number of para-hydroxylation sites is 1. The van der Waals surface area contributed by atoms with Crippen molar-refractivity contribution in [1.29, 1.82) is 0 Å². The lowest BCUT2D eigenvalue weighted by Gasteiger charge is -2.17. The first-order valence-corrected chi connectivity index (χ1v) is 9.37. The van der Waals surface area contributed by atoms with Crippen LogP contribution in [0.4, 0.5) is 5.69 Å². The molecular formula is C21H22ClN3O3. The number of nitrogens with one attached hydrogen (secondary N) is 1. The fourth-order valence-corrected chi connectivity index (χ4v) is 3.12. The quantitative estimate of drug-likeness (QED) is 0.682. The van der Waals surface area contributed by atoms with E-state index >= 15 is 0 Å². The number of nitrogens with zero attached hydrogens (tertiary/aromatic N) is 2. The van der Waals surface area contributed by atoms with Gasteiger partial charge in [-0.2, -0.15) is 0 Å². The van der Waals surface area contributed by atoms with E-state index in [1.165, 1.54) is 4.68 Å². The molecule has 0 saturated heterocycles. The lowest BCUT2D eigenvalue weighted by molar-refractivity contribution is -0.122. The molecule has 0 aliphatic heterocycles. The van der Waals surface area contributed by atoms with E-state index in [9.17, 15) is 9.59 Å². The van der Waals surface area contributed by atoms with E-state index in [0.29, 0.717) is 22.9 Å². The van der Waals surface area contributed by atoms with Crippen molar-refractivity contribution in [3.05, 3.63) is 75.7 Å². The summed E-state index contributed by atoms with van der Waals surface area (Å²) in [6.07, 6.45) is -0.306. The van der Waals surface area contributed by atoms with Crippen LogP contribution in [0.25, 0.3) is 5.69 Å². The van der Waals surface area contributed by atoms with Crippen LogP contribution in [0, 0.1) is 6.92 Å². The molecule has 1 N–H and O–H groups in total. The van der Waals surface area contributed by atoms with Crippen LogP contribution in [0.1, 0.15) is 19.0 Å². The van der Waals surface area contributed by atoms with E-state index in [4.69, 9.17) is 16.3 Å². The molecule has 3 aromatic rings. The van der Waals surface area contributed by atoms with Gasteiger partial charge < -0.3 is 10.1 Å². The maximum Gasteiger partial charge on any atom is 0.295 e. The van der Waals surface area contributed by atoms with Gasteiger partial charge in [-0.3, -0.25) is 14.3 Å². The van der Waals surface area contributed by atoms with Crippen LogP contribution < -0.4 is 15.6 Å². The third-order valence-electron chi connectivity index (χ3n) is 4.54. The van der Waals surface area contributed by atoms with Gasteiger partial charge in [0, 0.05) is 12.1 Å². The summed E-state index contributed by atoms with van der Waals surface area (Å²) in [4.78, 5) is 25.7. The highest BCUT2D eigenvalue weighted by molar-refractivity contribution is 6.30. The number of carbonyl (C=O) groups is 1. The van der Waals surface area contributed by atoms with Crippen LogP contribution in [-0.4, -0.2) is 21.4 Å². The van der Waals surface area contributed by atoms with Gasteiger partial charge in [-0.15, -0.1) is 0 Å². The zero-order valence-electron chi connectivity index (χ0n) is 16.0. The highest BCUT2D eigenvalue weighted by Gasteiger charge is 2.23. The van der Waals surface area contributed by atoms with Crippen molar-refractivity contribution in [2.24, 2.45) is 7.05 Å². The zero-order chi connectivity index (χ0) is 20.3. The number of rotatable bonds is 6. The molecule has 3 rings (SSSR count). The predicted octanol–water partition coefficient (Wildman–Crippen LogP) is 3.93. The Kier molecular flexibility index (Phi) is 5.90. The number of ether oxygens (including phenoxy) is 1. The summed E-state index contributed by atoms with van der Waals surface area (Å²) in [5.74, 6) is 0.120. The Morgan fingerprint density at radius 3 is 2.54 bits per heavy atom. The van der Waals surface area contributed by atoms with Gasteiger partial charge in [-0.1, -0.05) is 42.8 Å². The monoisotopic (exact) mass is 399 g/mol. The van der Waals surface area contributed by atoms with Crippen LogP contribution in [0.5, 0.6) is 5.75 Å². The number of hydrogen-bond donors (Lipinski definition) is 1. The third kappa shape index (κ3) is 3.97. The minimum atomic E-state index is -0.748. The fraction of sp³-hybridized carbons (Fsp3) is 0.238. The molecule has 0 radical (unpaired) electrons. The van der Waals surface area contributed by atoms with Crippen molar-refractivity contribution in [3.63, 3.8) is 0 Å². The van der Waals surface area contributed by atoms with Crippen LogP contribution in [0.2, 0.25) is 5.02 Å². The van der Waals surface area contributed by atoms with Crippen LogP contribution >= 0.6 is 11.6 Å². The fourth-order valence-electron chi connectivity index (χ4n) is 2.94. The maximum absolute atomic E-state index is 12.9. The molecule has 1 unspecified atom stereocenters. The summed E-state index contributed by atoms with van der Waals surface area (Å²) in [6, 6.07) is 16.1. The summed E-state index contributed by atoms with van der Waals surface area (Å²) in [7, 11) is 1.78. The SMILES string of the molecule is CCC(Oc1cccc(Cl)c1)C(=O)Nc1c(C)n(C)n(-c2ccccc2)c1=O. The molecule has 1 heterocycles. The second-order valence-electron chi connectivity index (χ2n) is 6.40. The maximum atomic E-state index is 12.9. The minimum absolute atomic E-state index is 0.240. The van der Waals surface area contributed by atoms with E-state index in [-0.39, 0.29) is 17.2 Å². The summed E-state index contributed by atoms with van der Waals surface area (Å²) in [6.45, 7) is 3.63. The molecule has 0 aliphatic rings. The van der Waals surface area contributed by atoms with Gasteiger partial charge in [-0.05, 0) is 43.7 Å². The Morgan fingerprint density at radius 1 is 1.18 bits per heavy atom. The molecule has 0 spiro atoms. The molecule has 28 heavy (non-hydrogen) atoms. The average Bonchev–Trinajstić information content (AvgIpc) is 2.90. The molecule has 0 bridgehead atoms. The molecule has 7 heteroatoms. The zero-order valence-corrected chi connectivity index (χ0v) is 16.7.